The zero-order valence-corrected chi connectivity index (χ0v) is 24.1. The van der Waals surface area contributed by atoms with E-state index in [9.17, 15) is 19.7 Å². The number of imide groups is 1. The van der Waals surface area contributed by atoms with Crippen molar-refractivity contribution in [3.63, 3.8) is 0 Å². The molecular weight excluding hydrogens is 584 g/mol. The van der Waals surface area contributed by atoms with Crippen LogP contribution in [0.2, 0.25) is 0 Å². The SMILES string of the molecule is Cc1ccc(C(C)C)c(OCCN2C(=O)S/C(=C\c3cc(Br)ccc3OCc3ccc([N+](=O)[O-])cc3)C2=O)c1. The molecule has 39 heavy (non-hydrogen) atoms. The molecule has 10 heteroatoms. The molecule has 1 fully saturated rings. The summed E-state index contributed by atoms with van der Waals surface area (Å²) in [7, 11) is 0. The lowest BCUT2D eigenvalue weighted by atomic mass is 10.0. The van der Waals surface area contributed by atoms with Crippen molar-refractivity contribution < 1.29 is 24.0 Å². The Morgan fingerprint density at radius 1 is 1.03 bits per heavy atom. The van der Waals surface area contributed by atoms with E-state index >= 15 is 0 Å². The Bertz CT molecular complexity index is 1440. The highest BCUT2D eigenvalue weighted by molar-refractivity contribution is 9.10. The van der Waals surface area contributed by atoms with Gasteiger partial charge in [-0.1, -0.05) is 41.9 Å². The van der Waals surface area contributed by atoms with Crippen LogP contribution in [-0.4, -0.2) is 34.1 Å². The molecule has 0 aliphatic carbocycles. The first-order valence-corrected chi connectivity index (χ1v) is 13.9. The van der Waals surface area contributed by atoms with Crippen LogP contribution in [0.3, 0.4) is 0 Å². The van der Waals surface area contributed by atoms with Gasteiger partial charge in [0.1, 0.15) is 24.7 Å². The van der Waals surface area contributed by atoms with Crippen LogP contribution in [0.15, 0.2) is 70.0 Å². The van der Waals surface area contributed by atoms with E-state index < -0.39 is 4.92 Å². The largest absolute Gasteiger partial charge is 0.491 e. The number of hydrogen-bond donors (Lipinski definition) is 0. The summed E-state index contributed by atoms with van der Waals surface area (Å²) in [6, 6.07) is 17.5. The number of carbonyl (C=O) groups excluding carboxylic acids is 2. The fourth-order valence-electron chi connectivity index (χ4n) is 3.96. The van der Waals surface area contributed by atoms with E-state index in [4.69, 9.17) is 9.47 Å². The van der Waals surface area contributed by atoms with Gasteiger partial charge in [0.15, 0.2) is 0 Å². The first kappa shape index (κ1) is 28.4. The van der Waals surface area contributed by atoms with E-state index in [2.05, 4.69) is 29.8 Å². The highest BCUT2D eigenvalue weighted by atomic mass is 79.9. The van der Waals surface area contributed by atoms with Gasteiger partial charge in [0.25, 0.3) is 16.8 Å². The van der Waals surface area contributed by atoms with E-state index in [0.29, 0.717) is 11.3 Å². The maximum absolute atomic E-state index is 13.1. The van der Waals surface area contributed by atoms with Gasteiger partial charge < -0.3 is 9.47 Å². The minimum Gasteiger partial charge on any atom is -0.491 e. The Hall–Kier alpha value is -3.63. The summed E-state index contributed by atoms with van der Waals surface area (Å²) < 4.78 is 12.7. The quantitative estimate of drug-likeness (QED) is 0.133. The second-order valence-electron chi connectivity index (χ2n) is 9.27. The molecule has 0 saturated carbocycles. The van der Waals surface area contributed by atoms with Crippen molar-refractivity contribution in [1.29, 1.82) is 0 Å². The van der Waals surface area contributed by atoms with Gasteiger partial charge >= 0.3 is 0 Å². The molecule has 0 aromatic heterocycles. The number of halogens is 1. The highest BCUT2D eigenvalue weighted by Gasteiger charge is 2.35. The second kappa shape index (κ2) is 12.5. The third-order valence-corrected chi connectivity index (χ3v) is 7.44. The molecule has 1 heterocycles. The van der Waals surface area contributed by atoms with Crippen LogP contribution >= 0.6 is 27.7 Å². The predicted molar refractivity (Wildman–Crippen MR) is 155 cm³/mol. The monoisotopic (exact) mass is 610 g/mol. The van der Waals surface area contributed by atoms with E-state index in [0.717, 1.165) is 38.7 Å². The van der Waals surface area contributed by atoms with Crippen molar-refractivity contribution in [3.8, 4) is 11.5 Å². The smallest absolute Gasteiger partial charge is 0.293 e. The van der Waals surface area contributed by atoms with Crippen LogP contribution in [0.1, 0.15) is 42.0 Å². The zero-order valence-electron chi connectivity index (χ0n) is 21.7. The lowest BCUT2D eigenvalue weighted by Crippen LogP contribution is -2.32. The average Bonchev–Trinajstić information content (AvgIpc) is 3.15. The van der Waals surface area contributed by atoms with E-state index in [1.807, 2.05) is 31.2 Å². The first-order valence-electron chi connectivity index (χ1n) is 12.3. The molecule has 1 aliphatic heterocycles. The molecule has 4 rings (SSSR count). The molecule has 0 N–H and O–H groups in total. The first-order chi connectivity index (χ1) is 18.6. The number of carbonyl (C=O) groups is 2. The van der Waals surface area contributed by atoms with Crippen molar-refractivity contribution in [2.45, 2.75) is 33.3 Å². The Labute approximate surface area is 239 Å². The molecule has 0 radical (unpaired) electrons. The van der Waals surface area contributed by atoms with Crippen LogP contribution in [0, 0.1) is 17.0 Å². The lowest BCUT2D eigenvalue weighted by molar-refractivity contribution is -0.384. The van der Waals surface area contributed by atoms with Crippen molar-refractivity contribution >= 4 is 50.6 Å². The molecule has 0 spiro atoms. The minimum atomic E-state index is -0.456. The molecule has 0 atom stereocenters. The molecule has 0 bridgehead atoms. The fourth-order valence-corrected chi connectivity index (χ4v) is 5.20. The normalized spacial score (nSPS) is 14.4. The van der Waals surface area contributed by atoms with E-state index in [1.165, 1.54) is 17.0 Å². The molecule has 0 unspecified atom stereocenters. The molecule has 1 saturated heterocycles. The number of non-ortho nitro benzene ring substituents is 1. The number of nitrogens with zero attached hydrogens (tertiary/aromatic N) is 2. The van der Waals surface area contributed by atoms with Gasteiger partial charge in [0.05, 0.1) is 16.4 Å². The summed E-state index contributed by atoms with van der Waals surface area (Å²) >= 11 is 4.32. The van der Waals surface area contributed by atoms with Crippen LogP contribution < -0.4 is 9.47 Å². The molecule has 2 amide bonds. The molecule has 202 valence electrons. The molecule has 8 nitrogen and oxygen atoms in total. The van der Waals surface area contributed by atoms with Gasteiger partial charge in [-0.15, -0.1) is 0 Å². The lowest BCUT2D eigenvalue weighted by Gasteiger charge is -2.17. The van der Waals surface area contributed by atoms with Gasteiger partial charge in [-0.2, -0.15) is 0 Å². The zero-order chi connectivity index (χ0) is 28.1. The molecule has 1 aliphatic rings. The second-order valence-corrected chi connectivity index (χ2v) is 11.2. The summed E-state index contributed by atoms with van der Waals surface area (Å²) in [5, 5.41) is 10.5. The van der Waals surface area contributed by atoms with E-state index in [-0.39, 0.29) is 47.4 Å². The summed E-state index contributed by atoms with van der Waals surface area (Å²) in [6.45, 7) is 6.67. The Kier molecular flexibility index (Phi) is 9.08. The number of rotatable bonds is 10. The average molecular weight is 612 g/mol. The Morgan fingerprint density at radius 2 is 1.77 bits per heavy atom. The number of ether oxygens (including phenoxy) is 2. The number of aryl methyl sites for hydroxylation is 1. The third kappa shape index (κ3) is 7.07. The minimum absolute atomic E-state index is 0.00320. The highest BCUT2D eigenvalue weighted by Crippen LogP contribution is 2.35. The number of hydrogen-bond acceptors (Lipinski definition) is 7. The summed E-state index contributed by atoms with van der Waals surface area (Å²) in [6.07, 6.45) is 1.64. The summed E-state index contributed by atoms with van der Waals surface area (Å²) in [5.41, 5.74) is 3.52. The summed E-state index contributed by atoms with van der Waals surface area (Å²) in [5.74, 6) is 1.16. The van der Waals surface area contributed by atoms with Crippen molar-refractivity contribution in [3.05, 3.63) is 102 Å². The third-order valence-electron chi connectivity index (χ3n) is 6.04. The fraction of sp³-hybridized carbons (Fsp3) is 0.241. The standard InChI is InChI=1S/C29H27BrN2O6S/c1-18(2)24-10-4-19(3)14-26(24)37-13-12-31-28(33)27(39-29(31)34)16-21-15-22(30)7-11-25(21)38-17-20-5-8-23(9-6-20)32(35)36/h4-11,14-16,18H,12-13,17H2,1-3H3/b27-16-. The maximum Gasteiger partial charge on any atom is 0.293 e. The predicted octanol–water partition coefficient (Wildman–Crippen LogP) is 7.48. The van der Waals surface area contributed by atoms with Crippen LogP contribution in [0.25, 0.3) is 6.08 Å². The number of nitro groups is 1. The Balaban J connectivity index is 1.44. The van der Waals surface area contributed by atoms with Gasteiger partial charge in [0, 0.05) is 22.2 Å². The van der Waals surface area contributed by atoms with Crippen molar-refractivity contribution in [1.82, 2.24) is 4.90 Å². The maximum atomic E-state index is 13.1. The van der Waals surface area contributed by atoms with Crippen LogP contribution in [0.4, 0.5) is 10.5 Å². The molecule has 3 aromatic carbocycles. The molecular formula is C29H27BrN2O6S. The summed E-state index contributed by atoms with van der Waals surface area (Å²) in [4.78, 5) is 37.7. The number of benzene rings is 3. The van der Waals surface area contributed by atoms with Crippen molar-refractivity contribution in [2.24, 2.45) is 0 Å². The number of amides is 2. The topological polar surface area (TPSA) is 99.0 Å². The van der Waals surface area contributed by atoms with Crippen LogP contribution in [0.5, 0.6) is 11.5 Å². The van der Waals surface area contributed by atoms with Gasteiger partial charge in [-0.25, -0.2) is 0 Å². The van der Waals surface area contributed by atoms with Crippen molar-refractivity contribution in [2.75, 3.05) is 13.2 Å². The van der Waals surface area contributed by atoms with Gasteiger partial charge in [0.2, 0.25) is 0 Å². The number of nitro benzene ring substituents is 1. The Morgan fingerprint density at radius 3 is 2.46 bits per heavy atom. The molecule has 3 aromatic rings. The van der Waals surface area contributed by atoms with Crippen LogP contribution in [-0.2, 0) is 11.4 Å². The van der Waals surface area contributed by atoms with Gasteiger partial charge in [-0.05, 0) is 83.8 Å². The number of thioether (sulfide) groups is 1. The van der Waals surface area contributed by atoms with E-state index in [1.54, 1.807) is 30.3 Å². The van der Waals surface area contributed by atoms with Gasteiger partial charge in [-0.3, -0.25) is 24.6 Å².